The van der Waals surface area contributed by atoms with Crippen LogP contribution in [0.25, 0.3) is 28.0 Å². The number of ether oxygens (including phenoxy) is 3. The zero-order valence-corrected chi connectivity index (χ0v) is 27.4. The Labute approximate surface area is 265 Å². The highest BCUT2D eigenvalue weighted by Crippen LogP contribution is 2.39. The van der Waals surface area contributed by atoms with Gasteiger partial charge in [-0.15, -0.1) is 6.58 Å². The van der Waals surface area contributed by atoms with Crippen molar-refractivity contribution in [1.29, 1.82) is 0 Å². The molecule has 45 heavy (non-hydrogen) atoms. The van der Waals surface area contributed by atoms with Crippen molar-refractivity contribution in [2.24, 2.45) is 0 Å². The Kier molecular flexibility index (Phi) is 9.05. The second-order valence-electron chi connectivity index (χ2n) is 13.0. The summed E-state index contributed by atoms with van der Waals surface area (Å²) in [7, 11) is 1.37. The van der Waals surface area contributed by atoms with E-state index in [0.717, 1.165) is 46.6 Å². The molecule has 1 N–H and O–H groups in total. The first-order valence-corrected chi connectivity index (χ1v) is 15.4. The highest BCUT2D eigenvalue weighted by Gasteiger charge is 2.38. The van der Waals surface area contributed by atoms with Gasteiger partial charge in [-0.05, 0) is 77.6 Å². The van der Waals surface area contributed by atoms with Gasteiger partial charge in [0.1, 0.15) is 11.6 Å². The fourth-order valence-corrected chi connectivity index (χ4v) is 6.01. The summed E-state index contributed by atoms with van der Waals surface area (Å²) < 4.78 is 19.6. The Morgan fingerprint density at radius 2 is 1.80 bits per heavy atom. The summed E-state index contributed by atoms with van der Waals surface area (Å²) in [6.07, 6.45) is 2.33. The molecule has 0 radical (unpaired) electrons. The van der Waals surface area contributed by atoms with Crippen molar-refractivity contribution in [2.45, 2.75) is 71.7 Å². The molecule has 5 rings (SSSR count). The van der Waals surface area contributed by atoms with Crippen LogP contribution in [0.15, 0.2) is 61.2 Å². The predicted octanol–water partition coefficient (Wildman–Crippen LogP) is 6.98. The summed E-state index contributed by atoms with van der Waals surface area (Å²) in [6, 6.07) is 15.4. The fourth-order valence-electron chi connectivity index (χ4n) is 6.01. The van der Waals surface area contributed by atoms with Crippen molar-refractivity contribution in [1.82, 2.24) is 14.6 Å². The minimum Gasteiger partial charge on any atom is -0.507 e. The van der Waals surface area contributed by atoms with Gasteiger partial charge in [0, 0.05) is 36.0 Å². The Morgan fingerprint density at radius 1 is 1.11 bits per heavy atom. The van der Waals surface area contributed by atoms with Gasteiger partial charge < -0.3 is 24.2 Å². The third kappa shape index (κ3) is 6.74. The number of carbonyl (C=O) groups excluding carboxylic acids is 1. The molecular weight excluding hydrogens is 568 g/mol. The van der Waals surface area contributed by atoms with Crippen molar-refractivity contribution in [3.05, 3.63) is 78.0 Å². The van der Waals surface area contributed by atoms with Gasteiger partial charge in [0.25, 0.3) is 0 Å². The number of aryl methyl sites for hydroxylation is 2. The lowest BCUT2D eigenvalue weighted by Crippen LogP contribution is -2.45. The number of aromatic hydroxyl groups is 1. The first-order chi connectivity index (χ1) is 21.3. The molecule has 1 aliphatic heterocycles. The second kappa shape index (κ2) is 12.7. The van der Waals surface area contributed by atoms with Gasteiger partial charge in [0.05, 0.1) is 36.2 Å². The van der Waals surface area contributed by atoms with Gasteiger partial charge in [-0.2, -0.15) is 9.61 Å². The van der Waals surface area contributed by atoms with Crippen molar-refractivity contribution >= 4 is 17.4 Å². The van der Waals surface area contributed by atoms with Gasteiger partial charge in [0.15, 0.2) is 11.8 Å². The molecule has 1 fully saturated rings. The van der Waals surface area contributed by atoms with Gasteiger partial charge in [-0.1, -0.05) is 36.4 Å². The molecule has 3 heterocycles. The first kappa shape index (κ1) is 32.2. The van der Waals surface area contributed by atoms with Crippen LogP contribution in [0.2, 0.25) is 0 Å². The van der Waals surface area contributed by atoms with Gasteiger partial charge in [0.2, 0.25) is 0 Å². The number of phenolic OH excluding ortho intramolecular Hbond substituents is 1. The number of fused-ring (bicyclic) bond motifs is 1. The summed E-state index contributed by atoms with van der Waals surface area (Å²) in [6.45, 7) is 17.4. The molecule has 4 aromatic rings. The molecule has 1 atom stereocenters. The van der Waals surface area contributed by atoms with E-state index in [4.69, 9.17) is 24.3 Å². The van der Waals surface area contributed by atoms with Gasteiger partial charge >= 0.3 is 5.97 Å². The molecule has 1 aliphatic rings. The minimum absolute atomic E-state index is 0.230. The number of benzene rings is 2. The lowest BCUT2D eigenvalue weighted by molar-refractivity contribution is -0.164. The molecule has 238 valence electrons. The number of aromatic nitrogens is 3. The number of esters is 1. The number of hydrogen-bond donors (Lipinski definition) is 1. The normalized spacial score (nSPS) is 15.7. The molecule has 1 saturated heterocycles. The standard InChI is InChI=1S/C36H44N4O5/c1-9-20-44-36(7)16-18-39(19-17-36)33-31(32(34(42)43-8)45-35(4,5)6)24(3)37-29-22-27(38-40(29)33)25-13-11-14-26(21-25)30-23(2)12-10-15-28(30)41/h9-15,21-22,32,41H,1,16-20H2,2-8H3. The zero-order valence-electron chi connectivity index (χ0n) is 27.4. The molecule has 2 aromatic heterocycles. The quantitative estimate of drug-likeness (QED) is 0.160. The SMILES string of the molecule is C=CCOC1(C)CCN(c2c(C(OC(C)(C)C)C(=O)OC)c(C)nc3cc(-c4cccc(-c5c(C)cccc5O)c4)nn23)CC1. The molecule has 0 bridgehead atoms. The van der Waals surface area contributed by atoms with Crippen LogP contribution in [-0.2, 0) is 19.0 Å². The maximum atomic E-state index is 13.3. The van der Waals surface area contributed by atoms with Crippen LogP contribution in [0.5, 0.6) is 5.75 Å². The van der Waals surface area contributed by atoms with Gasteiger partial charge in [-0.3, -0.25) is 0 Å². The molecule has 0 saturated carbocycles. The molecular formula is C36H44N4O5. The van der Waals surface area contributed by atoms with Crippen LogP contribution >= 0.6 is 0 Å². The van der Waals surface area contributed by atoms with Crippen molar-refractivity contribution in [3.63, 3.8) is 0 Å². The van der Waals surface area contributed by atoms with E-state index in [1.165, 1.54) is 7.11 Å². The lowest BCUT2D eigenvalue weighted by Gasteiger charge is -2.41. The highest BCUT2D eigenvalue weighted by atomic mass is 16.6. The minimum atomic E-state index is -1.01. The van der Waals surface area contributed by atoms with E-state index in [-0.39, 0.29) is 11.4 Å². The Hall–Kier alpha value is -4.21. The number of methoxy groups -OCH3 is 1. The molecule has 0 amide bonds. The number of rotatable bonds is 9. The van der Waals surface area contributed by atoms with E-state index < -0.39 is 17.7 Å². The maximum Gasteiger partial charge on any atom is 0.339 e. The number of anilines is 1. The van der Waals surface area contributed by atoms with Crippen LogP contribution in [0.1, 0.15) is 63.5 Å². The van der Waals surface area contributed by atoms with Crippen molar-refractivity contribution < 1.29 is 24.1 Å². The van der Waals surface area contributed by atoms with E-state index in [9.17, 15) is 9.90 Å². The van der Waals surface area contributed by atoms with Crippen molar-refractivity contribution in [2.75, 3.05) is 31.7 Å². The molecule has 0 spiro atoms. The summed E-state index contributed by atoms with van der Waals surface area (Å²) >= 11 is 0. The summed E-state index contributed by atoms with van der Waals surface area (Å²) in [4.78, 5) is 20.5. The van der Waals surface area contributed by atoms with Gasteiger partial charge in [-0.25, -0.2) is 9.78 Å². The van der Waals surface area contributed by atoms with E-state index in [2.05, 4.69) is 18.4 Å². The average molecular weight is 613 g/mol. The largest absolute Gasteiger partial charge is 0.507 e. The smallest absolute Gasteiger partial charge is 0.339 e. The van der Waals surface area contributed by atoms with Crippen LogP contribution in [0.4, 0.5) is 5.82 Å². The number of carbonyl (C=O) groups is 1. The molecule has 9 nitrogen and oxygen atoms in total. The first-order valence-electron chi connectivity index (χ1n) is 15.4. The summed E-state index contributed by atoms with van der Waals surface area (Å²) in [5, 5.41) is 15.7. The number of hydrogen-bond acceptors (Lipinski definition) is 8. The van der Waals surface area contributed by atoms with Crippen LogP contribution in [-0.4, -0.2) is 63.7 Å². The Bertz CT molecular complexity index is 1690. The van der Waals surface area contributed by atoms with E-state index in [1.54, 1.807) is 12.1 Å². The number of piperidine rings is 1. The van der Waals surface area contributed by atoms with Crippen molar-refractivity contribution in [3.8, 4) is 28.1 Å². The number of phenols is 1. The average Bonchev–Trinajstić information content (AvgIpc) is 3.42. The molecule has 2 aromatic carbocycles. The topological polar surface area (TPSA) is 98.4 Å². The molecule has 1 unspecified atom stereocenters. The Balaban J connectivity index is 1.67. The third-order valence-corrected chi connectivity index (χ3v) is 8.32. The summed E-state index contributed by atoms with van der Waals surface area (Å²) in [5.74, 6) is 0.486. The van der Waals surface area contributed by atoms with E-state index in [1.807, 2.05) is 81.6 Å². The maximum absolute atomic E-state index is 13.3. The third-order valence-electron chi connectivity index (χ3n) is 8.32. The zero-order chi connectivity index (χ0) is 32.5. The summed E-state index contributed by atoms with van der Waals surface area (Å²) in [5.41, 5.74) is 5.29. The molecule has 0 aliphatic carbocycles. The van der Waals surface area contributed by atoms with E-state index in [0.29, 0.717) is 36.6 Å². The number of nitrogens with zero attached hydrogens (tertiary/aromatic N) is 4. The monoisotopic (exact) mass is 612 g/mol. The van der Waals surface area contributed by atoms with Crippen LogP contribution in [0.3, 0.4) is 0 Å². The van der Waals surface area contributed by atoms with Crippen LogP contribution < -0.4 is 4.90 Å². The lowest BCUT2D eigenvalue weighted by atomic mass is 9.92. The Morgan fingerprint density at radius 3 is 2.44 bits per heavy atom. The second-order valence-corrected chi connectivity index (χ2v) is 13.0. The molecule has 9 heteroatoms. The predicted molar refractivity (Wildman–Crippen MR) is 177 cm³/mol. The fraction of sp³-hybridized carbons (Fsp3) is 0.417. The van der Waals surface area contributed by atoms with Crippen LogP contribution in [0, 0.1) is 13.8 Å². The van der Waals surface area contributed by atoms with E-state index >= 15 is 0 Å². The highest BCUT2D eigenvalue weighted by molar-refractivity contribution is 5.81.